The van der Waals surface area contributed by atoms with E-state index in [1.807, 2.05) is 0 Å². The molecule has 1 aromatic heterocycles. The number of benzene rings is 1. The number of para-hydroxylation sites is 1. The van der Waals surface area contributed by atoms with E-state index in [-0.39, 0.29) is 24.3 Å². The summed E-state index contributed by atoms with van der Waals surface area (Å²) in [6, 6.07) is 9.98. The van der Waals surface area contributed by atoms with Crippen molar-refractivity contribution in [1.82, 2.24) is 5.32 Å². The summed E-state index contributed by atoms with van der Waals surface area (Å²) >= 11 is 0. The van der Waals surface area contributed by atoms with Crippen molar-refractivity contribution >= 4 is 33.3 Å². The number of anilines is 1. The third-order valence-electron chi connectivity index (χ3n) is 4.68. The van der Waals surface area contributed by atoms with Gasteiger partial charge in [-0.15, -0.1) is 0 Å². The average molecular weight is 446 g/mol. The minimum absolute atomic E-state index is 0.126. The highest BCUT2D eigenvalue weighted by Gasteiger charge is 2.25. The minimum atomic E-state index is -3.26. The highest BCUT2D eigenvalue weighted by molar-refractivity contribution is 7.94. The number of furan rings is 1. The van der Waals surface area contributed by atoms with Crippen molar-refractivity contribution in [3.63, 3.8) is 0 Å². The van der Waals surface area contributed by atoms with Crippen LogP contribution in [0, 0.1) is 5.92 Å². The molecule has 2 heterocycles. The van der Waals surface area contributed by atoms with E-state index in [9.17, 15) is 22.8 Å². The van der Waals surface area contributed by atoms with Crippen LogP contribution in [0.15, 0.2) is 58.6 Å². The summed E-state index contributed by atoms with van der Waals surface area (Å²) in [6.07, 6.45) is 2.83. The van der Waals surface area contributed by atoms with Crippen molar-refractivity contribution in [2.75, 3.05) is 24.3 Å². The Morgan fingerprint density at radius 2 is 1.97 bits per heavy atom. The number of nitrogens with one attached hydrogen (secondary N) is 1. The monoisotopic (exact) mass is 446 g/mol. The van der Waals surface area contributed by atoms with Gasteiger partial charge in [0.05, 0.1) is 36.2 Å². The fourth-order valence-corrected chi connectivity index (χ4v) is 4.45. The number of hydrogen-bond acceptors (Lipinski definition) is 7. The van der Waals surface area contributed by atoms with Crippen LogP contribution in [0.2, 0.25) is 0 Å². The summed E-state index contributed by atoms with van der Waals surface area (Å²) in [5.41, 5.74) is 0.628. The number of nitrogens with zero attached hydrogens (tertiary/aromatic N) is 1. The van der Waals surface area contributed by atoms with Crippen molar-refractivity contribution in [1.29, 1.82) is 0 Å². The van der Waals surface area contributed by atoms with E-state index in [4.69, 9.17) is 9.15 Å². The molecule has 0 fully saturated rings. The highest BCUT2D eigenvalue weighted by atomic mass is 32.2. The molecule has 9 nitrogen and oxygen atoms in total. The van der Waals surface area contributed by atoms with Crippen molar-refractivity contribution in [2.45, 2.75) is 13.0 Å². The number of rotatable bonds is 8. The number of allylic oxidation sites excluding steroid dienone is 1. The summed E-state index contributed by atoms with van der Waals surface area (Å²) < 4.78 is 33.0. The van der Waals surface area contributed by atoms with Gasteiger partial charge < -0.3 is 19.4 Å². The van der Waals surface area contributed by atoms with Gasteiger partial charge in [0.15, 0.2) is 16.4 Å². The van der Waals surface area contributed by atoms with Gasteiger partial charge in [0.25, 0.3) is 11.8 Å². The van der Waals surface area contributed by atoms with Crippen LogP contribution in [-0.2, 0) is 30.7 Å². The second-order valence-electron chi connectivity index (χ2n) is 7.01. The zero-order valence-electron chi connectivity index (χ0n) is 16.8. The van der Waals surface area contributed by atoms with Gasteiger partial charge in [0.2, 0.25) is 0 Å². The Hall–Kier alpha value is -3.40. The zero-order chi connectivity index (χ0) is 22.4. The fourth-order valence-electron chi connectivity index (χ4n) is 3.05. The molecular weight excluding hydrogens is 424 g/mol. The largest absolute Gasteiger partial charge is 0.467 e. The molecule has 0 bridgehead atoms. The number of hydrogen-bond donors (Lipinski definition) is 1. The Morgan fingerprint density at radius 1 is 1.19 bits per heavy atom. The van der Waals surface area contributed by atoms with Crippen molar-refractivity contribution in [3.8, 4) is 0 Å². The van der Waals surface area contributed by atoms with Crippen LogP contribution in [0.1, 0.15) is 22.5 Å². The number of esters is 1. The van der Waals surface area contributed by atoms with Gasteiger partial charge in [0.1, 0.15) is 5.76 Å². The van der Waals surface area contributed by atoms with Crippen LogP contribution in [0.25, 0.3) is 0 Å². The lowest BCUT2D eigenvalue weighted by atomic mass is 10.1. The Morgan fingerprint density at radius 3 is 2.65 bits per heavy atom. The summed E-state index contributed by atoms with van der Waals surface area (Å²) in [7, 11) is -1.79. The normalized spacial score (nSPS) is 16.6. The first-order chi connectivity index (χ1) is 14.7. The number of ether oxygens (including phenoxy) is 1. The Balaban J connectivity index is 1.56. The molecule has 1 N–H and O–H groups in total. The smallest absolute Gasteiger partial charge is 0.306 e. The summed E-state index contributed by atoms with van der Waals surface area (Å²) in [5, 5.41) is 3.80. The maximum absolute atomic E-state index is 12.6. The van der Waals surface area contributed by atoms with E-state index in [0.29, 0.717) is 11.4 Å². The van der Waals surface area contributed by atoms with E-state index in [0.717, 1.165) is 5.41 Å². The topological polar surface area (TPSA) is 123 Å². The number of amides is 2. The molecule has 1 aromatic carbocycles. The van der Waals surface area contributed by atoms with Crippen LogP contribution in [-0.4, -0.2) is 45.6 Å². The van der Waals surface area contributed by atoms with Crippen molar-refractivity contribution in [3.05, 3.63) is 65.5 Å². The molecule has 0 radical (unpaired) electrons. The summed E-state index contributed by atoms with van der Waals surface area (Å²) in [5.74, 6) is -1.60. The predicted molar refractivity (Wildman–Crippen MR) is 112 cm³/mol. The van der Waals surface area contributed by atoms with Gasteiger partial charge in [-0.1, -0.05) is 18.2 Å². The number of carbonyl (C=O) groups is 3. The van der Waals surface area contributed by atoms with Crippen LogP contribution in [0.5, 0.6) is 0 Å². The minimum Gasteiger partial charge on any atom is -0.467 e. The third-order valence-corrected chi connectivity index (χ3v) is 6.14. The second-order valence-corrected chi connectivity index (χ2v) is 8.95. The number of carbonyl (C=O) groups excluding carboxylic acids is 3. The lowest BCUT2D eigenvalue weighted by Gasteiger charge is -2.20. The molecule has 0 aliphatic carbocycles. The predicted octanol–water partition coefficient (Wildman–Crippen LogP) is 1.66. The van der Waals surface area contributed by atoms with Gasteiger partial charge in [0, 0.05) is 18.4 Å². The molecular formula is C21H22N2O7S. The quantitative estimate of drug-likeness (QED) is 0.612. The van der Waals surface area contributed by atoms with Crippen LogP contribution in [0.4, 0.5) is 5.69 Å². The molecule has 1 atom stereocenters. The molecule has 1 aliphatic heterocycles. The maximum atomic E-state index is 12.6. The Kier molecular flexibility index (Phi) is 6.91. The number of likely N-dealkylation sites (N-methyl/N-ethyl adjacent to an activating group) is 1. The number of sulfone groups is 1. The lowest BCUT2D eigenvalue weighted by molar-refractivity contribution is -0.148. The molecule has 1 unspecified atom stereocenters. The maximum Gasteiger partial charge on any atom is 0.306 e. The second kappa shape index (κ2) is 9.61. The van der Waals surface area contributed by atoms with E-state index in [1.165, 1.54) is 24.3 Å². The first kappa shape index (κ1) is 22.3. The Bertz CT molecular complexity index is 1090. The first-order valence-corrected chi connectivity index (χ1v) is 11.2. The SMILES string of the molecule is CN(C(=O)COC(=O)CC1C=CS(=O)(=O)C1)c1ccccc1C(=O)NCc1ccco1. The van der Waals surface area contributed by atoms with Gasteiger partial charge in [-0.25, -0.2) is 8.42 Å². The van der Waals surface area contributed by atoms with Gasteiger partial charge >= 0.3 is 5.97 Å². The molecule has 1 aliphatic rings. The molecule has 2 amide bonds. The van der Waals surface area contributed by atoms with Gasteiger partial charge in [-0.05, 0) is 24.3 Å². The van der Waals surface area contributed by atoms with E-state index in [1.54, 1.807) is 36.4 Å². The molecule has 3 rings (SSSR count). The van der Waals surface area contributed by atoms with E-state index < -0.39 is 40.1 Å². The van der Waals surface area contributed by atoms with Gasteiger partial charge in [-0.2, -0.15) is 0 Å². The summed E-state index contributed by atoms with van der Waals surface area (Å²) in [6.45, 7) is -0.332. The van der Waals surface area contributed by atoms with Crippen LogP contribution < -0.4 is 10.2 Å². The van der Waals surface area contributed by atoms with E-state index in [2.05, 4.69) is 5.32 Å². The molecule has 164 valence electrons. The summed E-state index contributed by atoms with van der Waals surface area (Å²) in [4.78, 5) is 38.3. The zero-order valence-corrected chi connectivity index (χ0v) is 17.6. The average Bonchev–Trinajstić information content (AvgIpc) is 3.38. The third kappa shape index (κ3) is 6.05. The van der Waals surface area contributed by atoms with Crippen LogP contribution >= 0.6 is 0 Å². The molecule has 0 saturated carbocycles. The van der Waals surface area contributed by atoms with Gasteiger partial charge in [-0.3, -0.25) is 14.4 Å². The molecule has 31 heavy (non-hydrogen) atoms. The van der Waals surface area contributed by atoms with Crippen molar-refractivity contribution in [2.24, 2.45) is 5.92 Å². The highest BCUT2D eigenvalue weighted by Crippen LogP contribution is 2.21. The van der Waals surface area contributed by atoms with Crippen molar-refractivity contribution < 1.29 is 32.0 Å². The lowest BCUT2D eigenvalue weighted by Crippen LogP contribution is -2.33. The Labute approximate surface area is 179 Å². The molecule has 0 spiro atoms. The first-order valence-electron chi connectivity index (χ1n) is 9.48. The molecule has 0 saturated heterocycles. The van der Waals surface area contributed by atoms with E-state index >= 15 is 0 Å². The van der Waals surface area contributed by atoms with Crippen LogP contribution in [0.3, 0.4) is 0 Å². The fraction of sp³-hybridized carbons (Fsp3) is 0.286. The standard InChI is InChI=1S/C21H22N2O7S/c1-23(19(24)13-30-20(25)11-15-8-10-31(27,28)14-15)18-7-3-2-6-17(18)21(26)22-12-16-5-4-9-29-16/h2-10,15H,11-14H2,1H3,(H,22,26). The molecule has 10 heteroatoms. The molecule has 2 aromatic rings.